The van der Waals surface area contributed by atoms with Gasteiger partial charge in [0.1, 0.15) is 6.29 Å². The number of ether oxygens (including phenoxy) is 1. The Balaban J connectivity index is 2.45. The van der Waals surface area contributed by atoms with Crippen molar-refractivity contribution in [3.63, 3.8) is 0 Å². The monoisotopic (exact) mass is 295 g/mol. The third-order valence-corrected chi connectivity index (χ3v) is 2.74. The first-order valence-electron chi connectivity index (χ1n) is 5.38. The summed E-state index contributed by atoms with van der Waals surface area (Å²) in [5.41, 5.74) is -0.315. The van der Waals surface area contributed by atoms with Crippen molar-refractivity contribution in [2.75, 3.05) is 0 Å². The van der Waals surface area contributed by atoms with Crippen molar-refractivity contribution in [1.82, 2.24) is 0 Å². The maximum Gasteiger partial charge on any atom is 0.312 e. The zero-order valence-corrected chi connectivity index (χ0v) is 10.6. The number of halogens is 2. The Labute approximate surface area is 117 Å². The summed E-state index contributed by atoms with van der Waals surface area (Å²) in [6.07, 6.45) is 0.469. The average Bonchev–Trinajstić information content (AvgIpc) is 2.44. The highest BCUT2D eigenvalue weighted by molar-refractivity contribution is 6.30. The Morgan fingerprint density at radius 2 is 2.00 bits per heavy atom. The van der Waals surface area contributed by atoms with E-state index in [1.165, 1.54) is 30.3 Å². The molecule has 0 saturated heterocycles. The van der Waals surface area contributed by atoms with Gasteiger partial charge in [-0.15, -0.1) is 0 Å². The second kappa shape index (κ2) is 5.66. The van der Waals surface area contributed by atoms with Crippen molar-refractivity contribution in [2.45, 2.75) is 0 Å². The number of hydrogen-bond acceptors (Lipinski definition) is 4. The molecule has 0 fully saturated rings. The molecule has 0 aromatic heterocycles. The number of carbonyl (C=O) groups is 1. The van der Waals surface area contributed by atoms with E-state index in [4.69, 9.17) is 16.3 Å². The van der Waals surface area contributed by atoms with Crippen LogP contribution in [-0.2, 0) is 0 Å². The van der Waals surface area contributed by atoms with Crippen LogP contribution in [0.15, 0.2) is 36.4 Å². The van der Waals surface area contributed by atoms with Crippen LogP contribution in [0.2, 0.25) is 5.02 Å². The van der Waals surface area contributed by atoms with Gasteiger partial charge in [0, 0.05) is 11.6 Å². The molecular weight excluding hydrogens is 289 g/mol. The van der Waals surface area contributed by atoms with E-state index in [2.05, 4.69) is 0 Å². The van der Waals surface area contributed by atoms with Crippen LogP contribution in [0.1, 0.15) is 10.4 Å². The molecule has 2 rings (SSSR count). The summed E-state index contributed by atoms with van der Waals surface area (Å²) in [5.74, 6) is -1.23. The number of nitrogens with zero attached hydrogens (tertiary/aromatic N) is 1. The van der Waals surface area contributed by atoms with Crippen LogP contribution in [0.3, 0.4) is 0 Å². The maximum atomic E-state index is 13.7. The van der Waals surface area contributed by atoms with Crippen molar-refractivity contribution in [2.24, 2.45) is 0 Å². The van der Waals surface area contributed by atoms with E-state index in [1.54, 1.807) is 0 Å². The lowest BCUT2D eigenvalue weighted by atomic mass is 10.2. The predicted octanol–water partition coefficient (Wildman–Crippen LogP) is 3.99. The molecule has 0 saturated carbocycles. The molecule has 0 bridgehead atoms. The fourth-order valence-corrected chi connectivity index (χ4v) is 1.68. The molecule has 0 amide bonds. The molecule has 0 aliphatic rings. The predicted molar refractivity (Wildman–Crippen MR) is 70.0 cm³/mol. The van der Waals surface area contributed by atoms with Crippen LogP contribution in [0.4, 0.5) is 10.1 Å². The number of hydrogen-bond donors (Lipinski definition) is 0. The smallest absolute Gasteiger partial charge is 0.312 e. The molecule has 0 spiro atoms. The topological polar surface area (TPSA) is 69.4 Å². The average molecular weight is 296 g/mol. The Bertz CT molecular complexity index is 690. The van der Waals surface area contributed by atoms with Crippen molar-refractivity contribution >= 4 is 23.6 Å². The zero-order valence-electron chi connectivity index (χ0n) is 9.88. The molecule has 0 aliphatic heterocycles. The minimum absolute atomic E-state index is 0.121. The Kier molecular flexibility index (Phi) is 3.95. The molecule has 2 aromatic carbocycles. The highest BCUT2D eigenvalue weighted by atomic mass is 35.5. The van der Waals surface area contributed by atoms with Crippen molar-refractivity contribution in [3.05, 3.63) is 62.9 Å². The fraction of sp³-hybridized carbons (Fsp3) is 0. The van der Waals surface area contributed by atoms with Gasteiger partial charge in [0.2, 0.25) is 5.75 Å². The lowest BCUT2D eigenvalue weighted by Gasteiger charge is -2.08. The Morgan fingerprint density at radius 1 is 1.25 bits per heavy atom. The second-order valence-electron chi connectivity index (χ2n) is 3.76. The van der Waals surface area contributed by atoms with Gasteiger partial charge in [0.25, 0.3) is 0 Å². The fourth-order valence-electron chi connectivity index (χ4n) is 1.52. The van der Waals surface area contributed by atoms with Gasteiger partial charge in [0.05, 0.1) is 9.95 Å². The molecule has 0 N–H and O–H groups in total. The summed E-state index contributed by atoms with van der Waals surface area (Å²) in [6, 6.07) is 7.67. The first kappa shape index (κ1) is 14.0. The van der Waals surface area contributed by atoms with E-state index < -0.39 is 16.4 Å². The van der Waals surface area contributed by atoms with Gasteiger partial charge in [-0.1, -0.05) is 17.7 Å². The number of nitro groups is 1. The molecule has 0 heterocycles. The Hall–Kier alpha value is -2.47. The van der Waals surface area contributed by atoms with Crippen LogP contribution < -0.4 is 4.74 Å². The largest absolute Gasteiger partial charge is 0.447 e. The van der Waals surface area contributed by atoms with Crippen LogP contribution in [0, 0.1) is 15.9 Å². The summed E-state index contributed by atoms with van der Waals surface area (Å²) >= 11 is 5.59. The molecule has 0 unspecified atom stereocenters. The third-order valence-electron chi connectivity index (χ3n) is 2.45. The maximum absolute atomic E-state index is 13.7. The number of aldehydes is 1. The first-order chi connectivity index (χ1) is 9.52. The highest BCUT2D eigenvalue weighted by Crippen LogP contribution is 2.34. The van der Waals surface area contributed by atoms with Crippen LogP contribution in [0.5, 0.6) is 11.5 Å². The molecule has 20 heavy (non-hydrogen) atoms. The highest BCUT2D eigenvalue weighted by Gasteiger charge is 2.18. The molecule has 0 aliphatic carbocycles. The standard InChI is InChI=1S/C13H7ClFNO4/c14-9-2-1-3-12(13(9)15)20-11-5-4-8(7-17)6-10(11)16(18)19/h1-7H. The summed E-state index contributed by atoms with van der Waals surface area (Å²) in [5, 5.41) is 10.8. The summed E-state index contributed by atoms with van der Waals surface area (Å²) in [4.78, 5) is 20.8. The van der Waals surface area contributed by atoms with Gasteiger partial charge in [-0.25, -0.2) is 4.39 Å². The van der Waals surface area contributed by atoms with E-state index in [-0.39, 0.29) is 22.1 Å². The second-order valence-corrected chi connectivity index (χ2v) is 4.16. The molecular formula is C13H7ClFNO4. The molecule has 0 radical (unpaired) electrons. The van der Waals surface area contributed by atoms with Crippen molar-refractivity contribution < 1.29 is 18.8 Å². The molecule has 5 nitrogen and oxygen atoms in total. The van der Waals surface area contributed by atoms with Gasteiger partial charge in [-0.3, -0.25) is 14.9 Å². The number of benzene rings is 2. The van der Waals surface area contributed by atoms with E-state index in [9.17, 15) is 19.3 Å². The van der Waals surface area contributed by atoms with Crippen LogP contribution in [-0.4, -0.2) is 11.2 Å². The van der Waals surface area contributed by atoms with E-state index in [0.29, 0.717) is 6.29 Å². The number of carbonyl (C=O) groups excluding carboxylic acids is 1. The summed E-state index contributed by atoms with van der Waals surface area (Å²) < 4.78 is 18.8. The van der Waals surface area contributed by atoms with Gasteiger partial charge in [-0.05, 0) is 24.3 Å². The SMILES string of the molecule is O=Cc1ccc(Oc2cccc(Cl)c2F)c([N+](=O)[O-])c1. The van der Waals surface area contributed by atoms with Crippen molar-refractivity contribution in [1.29, 1.82) is 0 Å². The Morgan fingerprint density at radius 3 is 2.65 bits per heavy atom. The minimum Gasteiger partial charge on any atom is -0.447 e. The van der Waals surface area contributed by atoms with Crippen LogP contribution in [0.25, 0.3) is 0 Å². The van der Waals surface area contributed by atoms with E-state index in [1.807, 2.05) is 0 Å². The van der Waals surface area contributed by atoms with Gasteiger partial charge < -0.3 is 4.74 Å². The van der Waals surface area contributed by atoms with Gasteiger partial charge in [0.15, 0.2) is 11.6 Å². The van der Waals surface area contributed by atoms with Gasteiger partial charge >= 0.3 is 5.69 Å². The van der Waals surface area contributed by atoms with E-state index >= 15 is 0 Å². The molecule has 0 atom stereocenters. The molecule has 102 valence electrons. The third kappa shape index (κ3) is 2.75. The summed E-state index contributed by atoms with van der Waals surface area (Å²) in [6.45, 7) is 0. The van der Waals surface area contributed by atoms with Crippen LogP contribution >= 0.6 is 11.6 Å². The normalized spacial score (nSPS) is 10.1. The molecule has 2 aromatic rings. The lowest BCUT2D eigenvalue weighted by Crippen LogP contribution is -1.96. The minimum atomic E-state index is -0.817. The quantitative estimate of drug-likeness (QED) is 0.486. The molecule has 7 heteroatoms. The van der Waals surface area contributed by atoms with Crippen molar-refractivity contribution in [3.8, 4) is 11.5 Å². The number of nitro benzene ring substituents is 1. The van der Waals surface area contributed by atoms with E-state index in [0.717, 1.165) is 6.07 Å². The zero-order chi connectivity index (χ0) is 14.7. The summed E-state index contributed by atoms with van der Waals surface area (Å²) in [7, 11) is 0. The van der Waals surface area contributed by atoms with Gasteiger partial charge in [-0.2, -0.15) is 0 Å². The first-order valence-corrected chi connectivity index (χ1v) is 5.76. The lowest BCUT2D eigenvalue weighted by molar-refractivity contribution is -0.385. The number of rotatable bonds is 4.